The molecule has 0 saturated heterocycles. The summed E-state index contributed by atoms with van der Waals surface area (Å²) >= 11 is 0. The molecule has 31 heavy (non-hydrogen) atoms. The van der Waals surface area contributed by atoms with Gasteiger partial charge in [0.2, 0.25) is 0 Å². The van der Waals surface area contributed by atoms with Crippen molar-refractivity contribution in [3.63, 3.8) is 0 Å². The zero-order chi connectivity index (χ0) is 22.1. The molecule has 0 radical (unpaired) electrons. The van der Waals surface area contributed by atoms with Gasteiger partial charge in [-0.3, -0.25) is 14.6 Å². The fraction of sp³-hybridized carbons (Fsp3) is 0.167. The van der Waals surface area contributed by atoms with Gasteiger partial charge in [0.1, 0.15) is 5.75 Å². The van der Waals surface area contributed by atoms with E-state index in [0.717, 1.165) is 11.3 Å². The van der Waals surface area contributed by atoms with Crippen molar-refractivity contribution in [2.45, 2.75) is 19.8 Å². The number of amides is 2. The summed E-state index contributed by atoms with van der Waals surface area (Å²) in [5, 5.41) is 6.75. The number of aromatic nitrogens is 1. The van der Waals surface area contributed by atoms with Crippen molar-refractivity contribution in [3.05, 3.63) is 89.7 Å². The molecule has 0 saturated carbocycles. The van der Waals surface area contributed by atoms with Crippen LogP contribution in [-0.4, -0.2) is 29.6 Å². The van der Waals surface area contributed by atoms with E-state index in [2.05, 4.69) is 34.7 Å². The molecule has 3 aromatic rings. The van der Waals surface area contributed by atoms with Gasteiger partial charge in [-0.1, -0.05) is 26.0 Å². The number of nitrogens with zero attached hydrogens (tertiary/aromatic N) is 2. The van der Waals surface area contributed by atoms with E-state index in [4.69, 9.17) is 4.74 Å². The fourth-order valence-corrected chi connectivity index (χ4v) is 2.68. The zero-order valence-corrected chi connectivity index (χ0v) is 17.4. The smallest absolute Gasteiger partial charge is 0.271 e. The van der Waals surface area contributed by atoms with E-state index in [1.54, 1.807) is 48.8 Å². The number of pyridine rings is 1. The van der Waals surface area contributed by atoms with Crippen molar-refractivity contribution < 1.29 is 14.3 Å². The predicted molar refractivity (Wildman–Crippen MR) is 120 cm³/mol. The molecule has 1 aromatic heterocycles. The van der Waals surface area contributed by atoms with Crippen LogP contribution in [0.2, 0.25) is 0 Å². The molecule has 0 atom stereocenters. The minimum atomic E-state index is -0.316. The largest absolute Gasteiger partial charge is 0.484 e. The van der Waals surface area contributed by atoms with Crippen molar-refractivity contribution >= 4 is 23.7 Å². The van der Waals surface area contributed by atoms with Crippen molar-refractivity contribution in [2.24, 2.45) is 5.10 Å². The molecule has 0 bridgehead atoms. The summed E-state index contributed by atoms with van der Waals surface area (Å²) in [6.45, 7) is 4.15. The first-order valence-electron chi connectivity index (χ1n) is 9.87. The summed E-state index contributed by atoms with van der Waals surface area (Å²) < 4.78 is 5.53. The van der Waals surface area contributed by atoms with Crippen molar-refractivity contribution in [1.82, 2.24) is 10.4 Å². The van der Waals surface area contributed by atoms with E-state index in [1.165, 1.54) is 11.8 Å². The summed E-state index contributed by atoms with van der Waals surface area (Å²) in [6.07, 6.45) is 4.61. The second-order valence-electron chi connectivity index (χ2n) is 7.12. The van der Waals surface area contributed by atoms with Crippen LogP contribution in [0.3, 0.4) is 0 Å². The number of carbonyl (C=O) groups is 2. The van der Waals surface area contributed by atoms with E-state index >= 15 is 0 Å². The molecule has 2 N–H and O–H groups in total. The maximum atomic E-state index is 12.1. The van der Waals surface area contributed by atoms with E-state index in [1.807, 2.05) is 24.3 Å². The number of anilines is 1. The minimum absolute atomic E-state index is 0.0959. The zero-order valence-electron chi connectivity index (χ0n) is 17.4. The molecule has 7 nitrogen and oxygen atoms in total. The highest BCUT2D eigenvalue weighted by Gasteiger charge is 2.05. The van der Waals surface area contributed by atoms with Crippen LogP contribution >= 0.6 is 0 Å². The summed E-state index contributed by atoms with van der Waals surface area (Å²) in [5.41, 5.74) is 5.66. The van der Waals surface area contributed by atoms with Crippen LogP contribution in [0.25, 0.3) is 0 Å². The molecule has 0 spiro atoms. The van der Waals surface area contributed by atoms with Crippen molar-refractivity contribution in [2.75, 3.05) is 11.9 Å². The third-order valence-corrected chi connectivity index (χ3v) is 4.43. The average Bonchev–Trinajstić information content (AvgIpc) is 2.79. The summed E-state index contributed by atoms with van der Waals surface area (Å²) in [7, 11) is 0. The molecular formula is C24H24N4O3. The van der Waals surface area contributed by atoms with Gasteiger partial charge in [0, 0.05) is 23.6 Å². The van der Waals surface area contributed by atoms with Crippen LogP contribution < -0.4 is 15.5 Å². The van der Waals surface area contributed by atoms with Gasteiger partial charge in [-0.2, -0.15) is 5.10 Å². The maximum Gasteiger partial charge on any atom is 0.271 e. The van der Waals surface area contributed by atoms with Gasteiger partial charge >= 0.3 is 0 Å². The van der Waals surface area contributed by atoms with Crippen LogP contribution in [0.4, 0.5) is 5.69 Å². The lowest BCUT2D eigenvalue weighted by atomic mass is 10.0. The van der Waals surface area contributed by atoms with E-state index in [0.29, 0.717) is 17.2 Å². The Bertz CT molecular complexity index is 1030. The highest BCUT2D eigenvalue weighted by atomic mass is 16.5. The molecule has 3 rings (SSSR count). The number of hydrazone groups is 1. The second-order valence-corrected chi connectivity index (χ2v) is 7.12. The Morgan fingerprint density at radius 3 is 2.32 bits per heavy atom. The molecule has 0 aliphatic heterocycles. The Kier molecular flexibility index (Phi) is 7.48. The highest BCUT2D eigenvalue weighted by Crippen LogP contribution is 2.17. The Hall–Kier alpha value is -4.00. The SMILES string of the molecule is CC(C)c1ccc(NC(=O)COc2ccc(/C=N/NC(=O)c3ccncc3)cc2)cc1. The van der Waals surface area contributed by atoms with E-state index in [9.17, 15) is 9.59 Å². The molecule has 0 aliphatic rings. The van der Waals surface area contributed by atoms with Crippen molar-refractivity contribution in [3.8, 4) is 5.75 Å². The average molecular weight is 416 g/mol. The first kappa shape index (κ1) is 21.7. The number of hydrogen-bond acceptors (Lipinski definition) is 5. The van der Waals surface area contributed by atoms with Gasteiger partial charge in [-0.05, 0) is 65.6 Å². The molecule has 1 heterocycles. The number of hydrogen-bond donors (Lipinski definition) is 2. The summed E-state index contributed by atoms with van der Waals surface area (Å²) in [6, 6.07) is 18.0. The van der Waals surface area contributed by atoms with Crippen LogP contribution in [0.15, 0.2) is 78.2 Å². The Morgan fingerprint density at radius 2 is 1.68 bits per heavy atom. The molecule has 0 unspecified atom stereocenters. The van der Waals surface area contributed by atoms with Gasteiger partial charge in [0.05, 0.1) is 6.21 Å². The van der Waals surface area contributed by atoms with Gasteiger partial charge in [-0.15, -0.1) is 0 Å². The Balaban J connectivity index is 1.44. The molecule has 2 amide bonds. The number of nitrogens with one attached hydrogen (secondary N) is 2. The van der Waals surface area contributed by atoms with Gasteiger partial charge in [-0.25, -0.2) is 5.43 Å². The third kappa shape index (κ3) is 6.78. The van der Waals surface area contributed by atoms with Gasteiger partial charge in [0.15, 0.2) is 6.61 Å². The number of rotatable bonds is 8. The molecule has 0 fully saturated rings. The quantitative estimate of drug-likeness (QED) is 0.429. The summed E-state index contributed by atoms with van der Waals surface area (Å²) in [5.74, 6) is 0.451. The Labute approximate surface area is 181 Å². The van der Waals surface area contributed by atoms with E-state index < -0.39 is 0 Å². The molecule has 0 aliphatic carbocycles. The Morgan fingerprint density at radius 1 is 1.00 bits per heavy atom. The number of ether oxygens (including phenoxy) is 1. The van der Waals surface area contributed by atoms with Crippen LogP contribution in [-0.2, 0) is 4.79 Å². The minimum Gasteiger partial charge on any atom is -0.484 e. The van der Waals surface area contributed by atoms with Crippen LogP contribution in [0.1, 0.15) is 41.3 Å². The molecule has 2 aromatic carbocycles. The van der Waals surface area contributed by atoms with Gasteiger partial charge < -0.3 is 10.1 Å². The lowest BCUT2D eigenvalue weighted by Crippen LogP contribution is -2.20. The molecule has 158 valence electrons. The monoisotopic (exact) mass is 416 g/mol. The lowest BCUT2D eigenvalue weighted by Gasteiger charge is -2.09. The van der Waals surface area contributed by atoms with Crippen LogP contribution in [0, 0.1) is 0 Å². The number of benzene rings is 2. The summed E-state index contributed by atoms with van der Waals surface area (Å²) in [4.78, 5) is 27.9. The highest BCUT2D eigenvalue weighted by molar-refractivity contribution is 5.94. The molecular weight excluding hydrogens is 392 g/mol. The van der Waals surface area contributed by atoms with E-state index in [-0.39, 0.29) is 18.4 Å². The normalized spacial score (nSPS) is 10.8. The maximum absolute atomic E-state index is 12.1. The molecule has 7 heteroatoms. The third-order valence-electron chi connectivity index (χ3n) is 4.43. The first-order valence-corrected chi connectivity index (χ1v) is 9.87. The first-order chi connectivity index (χ1) is 15.0. The van der Waals surface area contributed by atoms with Gasteiger partial charge in [0.25, 0.3) is 11.8 Å². The second kappa shape index (κ2) is 10.7. The standard InChI is InChI=1S/C24H24N4O3/c1-17(2)19-5-7-21(8-6-19)27-23(29)16-31-22-9-3-18(4-10-22)15-26-28-24(30)20-11-13-25-14-12-20/h3-15,17H,16H2,1-2H3,(H,27,29)(H,28,30)/b26-15+. The van der Waals surface area contributed by atoms with Crippen molar-refractivity contribution in [1.29, 1.82) is 0 Å². The lowest BCUT2D eigenvalue weighted by molar-refractivity contribution is -0.118. The fourth-order valence-electron chi connectivity index (χ4n) is 2.68. The number of carbonyl (C=O) groups excluding carboxylic acids is 2. The van der Waals surface area contributed by atoms with Crippen LogP contribution in [0.5, 0.6) is 5.75 Å². The predicted octanol–water partition coefficient (Wildman–Crippen LogP) is 3.99. The topological polar surface area (TPSA) is 92.7 Å².